The second-order valence-corrected chi connectivity index (χ2v) is 5.87. The third kappa shape index (κ3) is 2.07. The predicted molar refractivity (Wildman–Crippen MR) is 73.7 cm³/mol. The molecule has 2 N–H and O–H groups in total. The zero-order valence-electron chi connectivity index (χ0n) is 10.4. The minimum atomic E-state index is -0.348. The Hall–Kier alpha value is -1.35. The second-order valence-electron chi connectivity index (χ2n) is 4.96. The first-order valence-electron chi connectivity index (χ1n) is 5.77. The van der Waals surface area contributed by atoms with Gasteiger partial charge in [-0.15, -0.1) is 11.3 Å². The molecule has 1 heterocycles. The van der Waals surface area contributed by atoms with Gasteiger partial charge in [-0.2, -0.15) is 0 Å². The number of hydrogen-bond donors (Lipinski definition) is 1. The van der Waals surface area contributed by atoms with E-state index in [4.69, 9.17) is 5.73 Å². The maximum Gasteiger partial charge on any atom is 0.250 e. The summed E-state index contributed by atoms with van der Waals surface area (Å²) in [5.41, 5.74) is 7.45. The molecule has 1 amide bonds. The van der Waals surface area contributed by atoms with Crippen LogP contribution in [0, 0.1) is 0 Å². The third-order valence-corrected chi connectivity index (χ3v) is 4.45. The van der Waals surface area contributed by atoms with Crippen LogP contribution in [0.2, 0.25) is 0 Å². The monoisotopic (exact) mass is 247 g/mol. The average molecular weight is 247 g/mol. The summed E-state index contributed by atoms with van der Waals surface area (Å²) in [7, 11) is 0. The molecule has 0 aliphatic carbocycles. The van der Waals surface area contributed by atoms with Crippen LogP contribution in [0.15, 0.2) is 23.6 Å². The van der Waals surface area contributed by atoms with Gasteiger partial charge in [-0.1, -0.05) is 32.9 Å². The Balaban J connectivity index is 2.57. The third-order valence-electron chi connectivity index (χ3n) is 3.51. The van der Waals surface area contributed by atoms with Gasteiger partial charge in [0, 0.05) is 15.5 Å². The number of fused-ring (bicyclic) bond motifs is 1. The van der Waals surface area contributed by atoms with Crippen molar-refractivity contribution in [3.63, 3.8) is 0 Å². The molecule has 0 atom stereocenters. The first-order chi connectivity index (χ1) is 7.95. The maximum atomic E-state index is 11.2. The van der Waals surface area contributed by atoms with Gasteiger partial charge >= 0.3 is 0 Å². The van der Waals surface area contributed by atoms with Gasteiger partial charge in [0.1, 0.15) is 0 Å². The zero-order valence-corrected chi connectivity index (χ0v) is 11.2. The van der Waals surface area contributed by atoms with Gasteiger partial charge in [0.15, 0.2) is 0 Å². The van der Waals surface area contributed by atoms with Gasteiger partial charge in [-0.05, 0) is 23.5 Å². The Morgan fingerprint density at radius 3 is 2.71 bits per heavy atom. The van der Waals surface area contributed by atoms with Crippen molar-refractivity contribution >= 4 is 27.3 Å². The van der Waals surface area contributed by atoms with E-state index < -0.39 is 0 Å². The standard InChI is InChI=1S/C14H17NOS/c1-4-14(2,3)9-5-6-10-11(13(15)16)8-17-12(10)7-9/h5-8H,4H2,1-3H3,(H2,15,16). The summed E-state index contributed by atoms with van der Waals surface area (Å²) < 4.78 is 1.14. The van der Waals surface area contributed by atoms with Crippen molar-refractivity contribution in [3.05, 3.63) is 34.7 Å². The lowest BCUT2D eigenvalue weighted by Gasteiger charge is -2.23. The Kier molecular flexibility index (Phi) is 2.96. The lowest BCUT2D eigenvalue weighted by molar-refractivity contribution is 0.100. The molecule has 0 unspecified atom stereocenters. The summed E-state index contributed by atoms with van der Waals surface area (Å²) in [5.74, 6) is -0.348. The van der Waals surface area contributed by atoms with Crippen molar-refractivity contribution in [2.75, 3.05) is 0 Å². The number of benzene rings is 1. The van der Waals surface area contributed by atoms with Gasteiger partial charge in [0.05, 0.1) is 5.56 Å². The number of nitrogens with two attached hydrogens (primary N) is 1. The van der Waals surface area contributed by atoms with Crippen molar-refractivity contribution in [3.8, 4) is 0 Å². The largest absolute Gasteiger partial charge is 0.366 e. The lowest BCUT2D eigenvalue weighted by Crippen LogP contribution is -2.15. The molecule has 3 heteroatoms. The van der Waals surface area contributed by atoms with Crippen LogP contribution < -0.4 is 5.73 Å². The van der Waals surface area contributed by atoms with Crippen LogP contribution in [-0.2, 0) is 5.41 Å². The van der Waals surface area contributed by atoms with E-state index in [0.717, 1.165) is 16.5 Å². The quantitative estimate of drug-likeness (QED) is 0.883. The molecule has 0 bridgehead atoms. The topological polar surface area (TPSA) is 43.1 Å². The molecule has 0 aliphatic rings. The normalized spacial score (nSPS) is 11.9. The van der Waals surface area contributed by atoms with E-state index in [2.05, 4.69) is 32.9 Å². The SMILES string of the molecule is CCC(C)(C)c1ccc2c(C(N)=O)csc2c1. The van der Waals surface area contributed by atoms with Crippen LogP contribution in [0.3, 0.4) is 0 Å². The number of amides is 1. The highest BCUT2D eigenvalue weighted by atomic mass is 32.1. The summed E-state index contributed by atoms with van der Waals surface area (Å²) >= 11 is 1.58. The molecule has 2 nitrogen and oxygen atoms in total. The summed E-state index contributed by atoms with van der Waals surface area (Å²) in [6, 6.07) is 6.29. The minimum absolute atomic E-state index is 0.172. The Labute approximate surface area is 105 Å². The summed E-state index contributed by atoms with van der Waals surface area (Å²) in [6.45, 7) is 6.65. The summed E-state index contributed by atoms with van der Waals surface area (Å²) in [6.07, 6.45) is 1.09. The lowest BCUT2D eigenvalue weighted by atomic mass is 9.82. The van der Waals surface area contributed by atoms with Crippen LogP contribution in [0.4, 0.5) is 0 Å². The number of thiophene rings is 1. The molecule has 17 heavy (non-hydrogen) atoms. The van der Waals surface area contributed by atoms with E-state index in [1.165, 1.54) is 5.56 Å². The first-order valence-corrected chi connectivity index (χ1v) is 6.65. The van der Waals surface area contributed by atoms with Gasteiger partial charge < -0.3 is 5.73 Å². The molecule has 1 aromatic heterocycles. The Morgan fingerprint density at radius 1 is 1.41 bits per heavy atom. The molecule has 0 radical (unpaired) electrons. The summed E-state index contributed by atoms with van der Waals surface area (Å²) in [4.78, 5) is 11.2. The number of rotatable bonds is 3. The number of hydrogen-bond acceptors (Lipinski definition) is 2. The maximum absolute atomic E-state index is 11.2. The zero-order chi connectivity index (χ0) is 12.6. The fourth-order valence-corrected chi connectivity index (χ4v) is 2.83. The highest BCUT2D eigenvalue weighted by molar-refractivity contribution is 7.17. The molecule has 90 valence electrons. The van der Waals surface area contributed by atoms with Crippen LogP contribution in [0.25, 0.3) is 10.1 Å². The van der Waals surface area contributed by atoms with E-state index in [1.807, 2.05) is 11.4 Å². The highest BCUT2D eigenvalue weighted by Gasteiger charge is 2.19. The second kappa shape index (κ2) is 4.15. The van der Waals surface area contributed by atoms with Gasteiger partial charge in [-0.25, -0.2) is 0 Å². The fraction of sp³-hybridized carbons (Fsp3) is 0.357. The number of carbonyl (C=O) groups excluding carboxylic acids is 1. The molecule has 0 saturated carbocycles. The van der Waals surface area contributed by atoms with Crippen molar-refractivity contribution in [2.45, 2.75) is 32.6 Å². The molecule has 1 aromatic carbocycles. The van der Waals surface area contributed by atoms with Crippen molar-refractivity contribution < 1.29 is 4.79 Å². The number of carbonyl (C=O) groups is 1. The van der Waals surface area contributed by atoms with Gasteiger partial charge in [0.25, 0.3) is 0 Å². The fourth-order valence-electron chi connectivity index (χ4n) is 1.84. The van der Waals surface area contributed by atoms with Crippen molar-refractivity contribution in [1.29, 1.82) is 0 Å². The van der Waals surface area contributed by atoms with Crippen molar-refractivity contribution in [1.82, 2.24) is 0 Å². The smallest absolute Gasteiger partial charge is 0.250 e. The summed E-state index contributed by atoms with van der Waals surface area (Å²) in [5, 5.41) is 2.81. The molecule has 0 aliphatic heterocycles. The Morgan fingerprint density at radius 2 is 2.12 bits per heavy atom. The highest BCUT2D eigenvalue weighted by Crippen LogP contribution is 2.33. The molecule has 0 fully saturated rings. The molecule has 2 rings (SSSR count). The van der Waals surface area contributed by atoms with Crippen LogP contribution >= 0.6 is 11.3 Å². The molecular formula is C14H17NOS. The minimum Gasteiger partial charge on any atom is -0.366 e. The van der Waals surface area contributed by atoms with E-state index in [-0.39, 0.29) is 11.3 Å². The average Bonchev–Trinajstić information content (AvgIpc) is 2.71. The molecular weight excluding hydrogens is 230 g/mol. The first kappa shape index (κ1) is 12.1. The van der Waals surface area contributed by atoms with Crippen molar-refractivity contribution in [2.24, 2.45) is 5.73 Å². The predicted octanol–water partition coefficient (Wildman–Crippen LogP) is 3.69. The van der Waals surface area contributed by atoms with Crippen LogP contribution in [-0.4, -0.2) is 5.91 Å². The van der Waals surface area contributed by atoms with E-state index >= 15 is 0 Å². The van der Waals surface area contributed by atoms with Gasteiger partial charge in [0.2, 0.25) is 5.91 Å². The molecule has 2 aromatic rings. The molecule has 0 spiro atoms. The van der Waals surface area contributed by atoms with Crippen LogP contribution in [0.5, 0.6) is 0 Å². The van der Waals surface area contributed by atoms with E-state index in [1.54, 1.807) is 11.3 Å². The molecule has 0 saturated heterocycles. The van der Waals surface area contributed by atoms with E-state index in [9.17, 15) is 4.79 Å². The van der Waals surface area contributed by atoms with Crippen LogP contribution in [0.1, 0.15) is 43.1 Å². The van der Waals surface area contributed by atoms with E-state index in [0.29, 0.717) is 5.56 Å². The Bertz CT molecular complexity index is 569. The number of primary amides is 1. The van der Waals surface area contributed by atoms with Gasteiger partial charge in [-0.3, -0.25) is 4.79 Å².